The second-order valence-electron chi connectivity index (χ2n) is 3.46. The van der Waals surface area contributed by atoms with Gasteiger partial charge in [-0.15, -0.1) is 0 Å². The zero-order valence-corrected chi connectivity index (χ0v) is 10.5. The van der Waals surface area contributed by atoms with Gasteiger partial charge in [0.25, 0.3) is 0 Å². The molecule has 0 aliphatic carbocycles. The van der Waals surface area contributed by atoms with Crippen molar-refractivity contribution in [2.24, 2.45) is 0 Å². The molecule has 0 aromatic heterocycles. The van der Waals surface area contributed by atoms with Crippen LogP contribution >= 0.6 is 0 Å². The van der Waals surface area contributed by atoms with Gasteiger partial charge in [-0.3, -0.25) is 0 Å². The third-order valence-corrected chi connectivity index (χ3v) is 2.27. The van der Waals surface area contributed by atoms with E-state index in [4.69, 9.17) is 29.8 Å². The number of hydrogen-bond donors (Lipinski definition) is 1. The van der Waals surface area contributed by atoms with Crippen LogP contribution < -0.4 is 9.47 Å². The van der Waals surface area contributed by atoms with Gasteiger partial charge in [0.2, 0.25) is 0 Å². The van der Waals surface area contributed by atoms with Crippen LogP contribution in [0.15, 0.2) is 12.1 Å². The summed E-state index contributed by atoms with van der Waals surface area (Å²) in [6.45, 7) is 0.773. The Morgan fingerprint density at radius 2 is 1.68 bits per heavy atom. The predicted molar refractivity (Wildman–Crippen MR) is 65.8 cm³/mol. The van der Waals surface area contributed by atoms with Gasteiger partial charge in [0.05, 0.1) is 38.1 Å². The highest BCUT2D eigenvalue weighted by molar-refractivity contribution is 5.55. The van der Waals surface area contributed by atoms with E-state index in [9.17, 15) is 0 Å². The summed E-state index contributed by atoms with van der Waals surface area (Å²) in [6.07, 6.45) is 0. The van der Waals surface area contributed by atoms with Crippen LogP contribution in [0.3, 0.4) is 0 Å². The highest BCUT2D eigenvalue weighted by Gasteiger charge is 2.11. The summed E-state index contributed by atoms with van der Waals surface area (Å²) in [5.41, 5.74) is 0.470. The van der Waals surface area contributed by atoms with Gasteiger partial charge in [-0.25, -0.2) is 0 Å². The topological polar surface area (TPSA) is 95.5 Å². The van der Waals surface area contributed by atoms with Gasteiger partial charge < -0.3 is 19.3 Å². The summed E-state index contributed by atoms with van der Waals surface area (Å²) in [5, 5.41) is 26.4. The fourth-order valence-corrected chi connectivity index (χ4v) is 1.39. The van der Waals surface area contributed by atoms with E-state index >= 15 is 0 Å². The number of aliphatic hydroxyl groups is 1. The van der Waals surface area contributed by atoms with Crippen molar-refractivity contribution in [1.29, 1.82) is 10.5 Å². The first kappa shape index (κ1) is 14.8. The van der Waals surface area contributed by atoms with Crippen LogP contribution in [0.1, 0.15) is 11.1 Å². The summed E-state index contributed by atoms with van der Waals surface area (Å²) in [5.74, 6) is 0.767. The molecule has 0 amide bonds. The Kier molecular flexibility index (Phi) is 6.17. The lowest BCUT2D eigenvalue weighted by Crippen LogP contribution is -2.09. The second kappa shape index (κ2) is 7.93. The standard InChI is InChI=1S/C13H14N2O4/c1-17-12-6-10(8-14)11(9-15)7-13(12)19-5-4-18-3-2-16/h6-7,16H,2-5H2,1H3. The molecule has 0 bridgehead atoms. The Labute approximate surface area is 111 Å². The minimum absolute atomic E-state index is 0.0429. The normalized spacial score (nSPS) is 9.47. The highest BCUT2D eigenvalue weighted by Crippen LogP contribution is 2.30. The first-order chi connectivity index (χ1) is 9.26. The van der Waals surface area contributed by atoms with Crippen LogP contribution in [0.25, 0.3) is 0 Å². The Morgan fingerprint density at radius 3 is 2.21 bits per heavy atom. The van der Waals surface area contributed by atoms with Gasteiger partial charge in [-0.1, -0.05) is 0 Å². The number of benzene rings is 1. The molecule has 0 heterocycles. The van der Waals surface area contributed by atoms with E-state index in [0.717, 1.165) is 0 Å². The fourth-order valence-electron chi connectivity index (χ4n) is 1.39. The highest BCUT2D eigenvalue weighted by atomic mass is 16.5. The summed E-state index contributed by atoms with van der Waals surface area (Å²) in [6, 6.07) is 6.77. The number of nitrogens with zero attached hydrogens (tertiary/aromatic N) is 2. The SMILES string of the molecule is COc1cc(C#N)c(C#N)cc1OCCOCCO. The van der Waals surface area contributed by atoms with Crippen molar-refractivity contribution in [2.45, 2.75) is 0 Å². The van der Waals surface area contributed by atoms with Crippen LogP contribution in [-0.4, -0.2) is 38.6 Å². The maximum Gasteiger partial charge on any atom is 0.162 e. The summed E-state index contributed by atoms with van der Waals surface area (Å²) in [7, 11) is 1.46. The summed E-state index contributed by atoms with van der Waals surface area (Å²) >= 11 is 0. The molecule has 19 heavy (non-hydrogen) atoms. The Hall–Kier alpha value is -2.28. The van der Waals surface area contributed by atoms with Gasteiger partial charge in [-0.2, -0.15) is 10.5 Å². The minimum atomic E-state index is -0.0429. The van der Waals surface area contributed by atoms with E-state index in [2.05, 4.69) is 0 Å². The van der Waals surface area contributed by atoms with Gasteiger partial charge in [0, 0.05) is 12.1 Å². The second-order valence-corrected chi connectivity index (χ2v) is 3.46. The molecule has 1 aromatic rings. The average molecular weight is 262 g/mol. The molecule has 6 heteroatoms. The molecule has 1 N–H and O–H groups in total. The lowest BCUT2D eigenvalue weighted by molar-refractivity contribution is 0.0699. The van der Waals surface area contributed by atoms with Crippen LogP contribution in [0.5, 0.6) is 11.5 Å². The number of hydrogen-bond acceptors (Lipinski definition) is 6. The van der Waals surface area contributed by atoms with Crippen molar-refractivity contribution in [2.75, 3.05) is 33.5 Å². The molecule has 0 fully saturated rings. The van der Waals surface area contributed by atoms with Crippen molar-refractivity contribution in [1.82, 2.24) is 0 Å². The number of ether oxygens (including phenoxy) is 3. The lowest BCUT2D eigenvalue weighted by Gasteiger charge is -2.11. The number of methoxy groups -OCH3 is 1. The van der Waals surface area contributed by atoms with E-state index in [-0.39, 0.29) is 30.9 Å². The third-order valence-electron chi connectivity index (χ3n) is 2.27. The molecule has 0 aliphatic rings. The smallest absolute Gasteiger partial charge is 0.162 e. The maximum atomic E-state index is 8.93. The quantitative estimate of drug-likeness (QED) is 0.731. The average Bonchev–Trinajstić information content (AvgIpc) is 2.46. The molecule has 0 unspecified atom stereocenters. The van der Waals surface area contributed by atoms with Crippen molar-refractivity contribution < 1.29 is 19.3 Å². The van der Waals surface area contributed by atoms with Crippen LogP contribution in [0.2, 0.25) is 0 Å². The zero-order valence-electron chi connectivity index (χ0n) is 10.5. The van der Waals surface area contributed by atoms with E-state index in [1.165, 1.54) is 19.2 Å². The maximum absolute atomic E-state index is 8.93. The number of nitriles is 2. The largest absolute Gasteiger partial charge is 0.493 e. The first-order valence-corrected chi connectivity index (χ1v) is 5.60. The van der Waals surface area contributed by atoms with Crippen LogP contribution in [0.4, 0.5) is 0 Å². The van der Waals surface area contributed by atoms with Crippen molar-refractivity contribution in [3.63, 3.8) is 0 Å². The molecule has 0 aliphatic heterocycles. The molecule has 0 saturated carbocycles. The van der Waals surface area contributed by atoms with Crippen molar-refractivity contribution in [3.05, 3.63) is 23.3 Å². The van der Waals surface area contributed by atoms with Gasteiger partial charge in [0.15, 0.2) is 11.5 Å². The van der Waals surface area contributed by atoms with E-state index in [1.807, 2.05) is 12.1 Å². The molecule has 1 aromatic carbocycles. The molecular weight excluding hydrogens is 248 g/mol. The van der Waals surface area contributed by atoms with Gasteiger partial charge in [0.1, 0.15) is 18.7 Å². The summed E-state index contributed by atoms with van der Waals surface area (Å²) in [4.78, 5) is 0. The Bertz CT molecular complexity index is 503. The van der Waals surface area contributed by atoms with Crippen LogP contribution in [0, 0.1) is 22.7 Å². The van der Waals surface area contributed by atoms with E-state index in [0.29, 0.717) is 18.1 Å². The minimum Gasteiger partial charge on any atom is -0.493 e. The van der Waals surface area contributed by atoms with Crippen molar-refractivity contribution in [3.8, 4) is 23.6 Å². The fraction of sp³-hybridized carbons (Fsp3) is 0.385. The van der Waals surface area contributed by atoms with E-state index in [1.54, 1.807) is 0 Å². The summed E-state index contributed by atoms with van der Waals surface area (Å²) < 4.78 is 15.6. The lowest BCUT2D eigenvalue weighted by atomic mass is 10.1. The zero-order chi connectivity index (χ0) is 14.1. The predicted octanol–water partition coefficient (Wildman–Crippen LogP) is 0.826. The first-order valence-electron chi connectivity index (χ1n) is 5.60. The Morgan fingerprint density at radius 1 is 1.05 bits per heavy atom. The molecule has 0 atom stereocenters. The van der Waals surface area contributed by atoms with Gasteiger partial charge >= 0.3 is 0 Å². The monoisotopic (exact) mass is 262 g/mol. The molecule has 0 saturated heterocycles. The number of aliphatic hydroxyl groups excluding tert-OH is 1. The van der Waals surface area contributed by atoms with Crippen LogP contribution in [-0.2, 0) is 4.74 Å². The molecule has 1 rings (SSSR count). The van der Waals surface area contributed by atoms with Gasteiger partial charge in [-0.05, 0) is 0 Å². The third kappa shape index (κ3) is 4.14. The molecule has 0 radical (unpaired) electrons. The molecule has 0 spiro atoms. The van der Waals surface area contributed by atoms with Crippen molar-refractivity contribution >= 4 is 0 Å². The molecule has 100 valence electrons. The molecular formula is C13H14N2O4. The molecule has 6 nitrogen and oxygen atoms in total. The van der Waals surface area contributed by atoms with E-state index < -0.39 is 0 Å². The Balaban J connectivity index is 2.77. The number of rotatable bonds is 7.